The van der Waals surface area contributed by atoms with E-state index in [2.05, 4.69) is 101 Å². The molecule has 2 nitrogen and oxygen atoms in total. The molecule has 4 atom stereocenters. The van der Waals surface area contributed by atoms with E-state index in [-0.39, 0.29) is 19.6 Å². The predicted octanol–water partition coefficient (Wildman–Crippen LogP) is 7.66. The lowest BCUT2D eigenvalue weighted by Crippen LogP contribution is -2.16. The Bertz CT molecular complexity index is 1160. The molecule has 2 aliphatic carbocycles. The van der Waals surface area contributed by atoms with Crippen molar-refractivity contribution >= 4 is 0 Å². The van der Waals surface area contributed by atoms with Crippen molar-refractivity contribution in [3.05, 3.63) is 106 Å². The van der Waals surface area contributed by atoms with Crippen LogP contribution in [0.2, 0.25) is 0 Å². The maximum atomic E-state index is 6.01. The van der Waals surface area contributed by atoms with Gasteiger partial charge >= 0.3 is 0 Å². The monoisotopic (exact) mass is 426 g/mol. The quantitative estimate of drug-likeness (QED) is 0.430. The SMILES string of the molecule is C.CC1=CC2c3cc(C)cc(C)c3OC2C=C1.CC1=CC2c3cc(C)ccc3OC2C=C1. The molecule has 32 heavy (non-hydrogen) atoms. The maximum absolute atomic E-state index is 6.01. The summed E-state index contributed by atoms with van der Waals surface area (Å²) in [6.07, 6.45) is 13.7. The van der Waals surface area contributed by atoms with Crippen molar-refractivity contribution in [2.75, 3.05) is 0 Å². The van der Waals surface area contributed by atoms with Gasteiger partial charge in [-0.25, -0.2) is 0 Å². The van der Waals surface area contributed by atoms with E-state index < -0.39 is 0 Å². The molecule has 166 valence electrons. The summed E-state index contributed by atoms with van der Waals surface area (Å²) in [4.78, 5) is 0. The van der Waals surface area contributed by atoms with E-state index in [1.54, 1.807) is 0 Å². The van der Waals surface area contributed by atoms with Crippen molar-refractivity contribution in [2.45, 2.75) is 66.1 Å². The Balaban J connectivity index is 0.000000149. The number of fused-ring (bicyclic) bond motifs is 6. The van der Waals surface area contributed by atoms with Crippen molar-refractivity contribution in [3.63, 3.8) is 0 Å². The zero-order valence-electron chi connectivity index (χ0n) is 19.0. The molecular weight excluding hydrogens is 392 g/mol. The minimum absolute atomic E-state index is 0. The zero-order valence-corrected chi connectivity index (χ0v) is 19.0. The molecule has 0 saturated heterocycles. The van der Waals surface area contributed by atoms with E-state index in [1.807, 2.05) is 0 Å². The fourth-order valence-corrected chi connectivity index (χ4v) is 5.07. The second-order valence-corrected chi connectivity index (χ2v) is 9.30. The van der Waals surface area contributed by atoms with Gasteiger partial charge in [-0.15, -0.1) is 0 Å². The molecule has 0 saturated carbocycles. The number of hydrogen-bond donors (Lipinski definition) is 0. The van der Waals surface area contributed by atoms with Gasteiger partial charge in [-0.1, -0.05) is 78.3 Å². The lowest BCUT2D eigenvalue weighted by molar-refractivity contribution is 0.267. The van der Waals surface area contributed by atoms with Gasteiger partial charge in [0.2, 0.25) is 0 Å². The highest BCUT2D eigenvalue weighted by Gasteiger charge is 2.34. The third-order valence-electron chi connectivity index (χ3n) is 6.54. The first-order valence-corrected chi connectivity index (χ1v) is 11.2. The smallest absolute Gasteiger partial charge is 0.128 e. The Morgan fingerprint density at radius 3 is 1.94 bits per heavy atom. The van der Waals surface area contributed by atoms with Crippen molar-refractivity contribution in [3.8, 4) is 11.5 Å². The summed E-state index contributed by atoms with van der Waals surface area (Å²) in [6, 6.07) is 10.9. The highest BCUT2D eigenvalue weighted by molar-refractivity contribution is 5.53. The maximum Gasteiger partial charge on any atom is 0.128 e. The second kappa shape index (κ2) is 8.50. The Hall–Kier alpha value is -3.00. The third-order valence-corrected chi connectivity index (χ3v) is 6.54. The molecule has 0 radical (unpaired) electrons. The van der Waals surface area contributed by atoms with Gasteiger partial charge in [0.1, 0.15) is 23.7 Å². The van der Waals surface area contributed by atoms with Gasteiger partial charge in [0.05, 0.1) is 0 Å². The van der Waals surface area contributed by atoms with Gasteiger partial charge in [-0.3, -0.25) is 0 Å². The molecule has 0 bridgehead atoms. The zero-order chi connectivity index (χ0) is 21.7. The summed E-state index contributed by atoms with van der Waals surface area (Å²) in [6.45, 7) is 10.7. The van der Waals surface area contributed by atoms with Crippen molar-refractivity contribution < 1.29 is 9.47 Å². The van der Waals surface area contributed by atoms with E-state index in [0.29, 0.717) is 11.8 Å². The summed E-state index contributed by atoms with van der Waals surface area (Å²) >= 11 is 0. The van der Waals surface area contributed by atoms with Crippen LogP contribution in [0.4, 0.5) is 0 Å². The normalized spacial score (nSPS) is 25.4. The number of rotatable bonds is 0. The van der Waals surface area contributed by atoms with E-state index in [1.165, 1.54) is 39.0 Å². The molecule has 0 fully saturated rings. The fraction of sp³-hybridized carbons (Fsp3) is 0.333. The van der Waals surface area contributed by atoms with Crippen LogP contribution in [0.5, 0.6) is 11.5 Å². The average Bonchev–Trinajstić information content (AvgIpc) is 3.26. The van der Waals surface area contributed by atoms with Gasteiger partial charge in [-0.2, -0.15) is 0 Å². The first kappa shape index (κ1) is 22.2. The van der Waals surface area contributed by atoms with E-state index in [9.17, 15) is 0 Å². The standard InChI is InChI=1S/C15H16O.C14H14O.CH4/c1-9-4-5-14-12(7-9)13-8-10(2)6-11(3)15(13)16-14;1-9-3-5-13-11(7-9)12-8-10(2)4-6-14(12)15-13;/h4-8,12,14H,1-3H3;3-8,11,13H,1-2H3;1H4. The number of hydrogen-bond acceptors (Lipinski definition) is 2. The van der Waals surface area contributed by atoms with Gasteiger partial charge in [0.15, 0.2) is 0 Å². The molecule has 2 aliphatic heterocycles. The molecule has 0 N–H and O–H groups in total. The van der Waals surface area contributed by atoms with E-state index >= 15 is 0 Å². The largest absolute Gasteiger partial charge is 0.485 e. The Kier molecular flexibility index (Phi) is 5.90. The first-order chi connectivity index (χ1) is 14.9. The molecule has 2 heterocycles. The molecule has 2 aromatic rings. The minimum Gasteiger partial charge on any atom is -0.485 e. The third kappa shape index (κ3) is 3.95. The van der Waals surface area contributed by atoms with Crippen LogP contribution in [0.25, 0.3) is 0 Å². The van der Waals surface area contributed by atoms with Crippen LogP contribution in [0.15, 0.2) is 77.9 Å². The van der Waals surface area contributed by atoms with E-state index in [0.717, 1.165) is 11.5 Å². The second-order valence-electron chi connectivity index (χ2n) is 9.30. The summed E-state index contributed by atoms with van der Waals surface area (Å²) in [5.41, 5.74) is 9.23. The fourth-order valence-electron chi connectivity index (χ4n) is 5.07. The molecule has 6 rings (SSSR count). The average molecular weight is 427 g/mol. The highest BCUT2D eigenvalue weighted by atomic mass is 16.5. The Labute approximate surface area is 193 Å². The predicted molar refractivity (Wildman–Crippen MR) is 134 cm³/mol. The van der Waals surface area contributed by atoms with Crippen molar-refractivity contribution in [1.82, 2.24) is 0 Å². The van der Waals surface area contributed by atoms with Crippen LogP contribution in [0.3, 0.4) is 0 Å². The van der Waals surface area contributed by atoms with Crippen LogP contribution < -0.4 is 9.47 Å². The number of benzene rings is 2. The molecule has 0 aromatic heterocycles. The topological polar surface area (TPSA) is 18.5 Å². The highest BCUT2D eigenvalue weighted by Crippen LogP contribution is 2.44. The Morgan fingerprint density at radius 2 is 1.25 bits per heavy atom. The molecular formula is C30H34O2. The lowest BCUT2D eigenvalue weighted by Gasteiger charge is -2.16. The van der Waals surface area contributed by atoms with Gasteiger partial charge in [0.25, 0.3) is 0 Å². The van der Waals surface area contributed by atoms with Crippen molar-refractivity contribution in [2.24, 2.45) is 0 Å². The van der Waals surface area contributed by atoms with Gasteiger partial charge in [-0.05, 0) is 58.4 Å². The number of aryl methyl sites for hydroxylation is 3. The summed E-state index contributed by atoms with van der Waals surface area (Å²) in [7, 11) is 0. The first-order valence-electron chi connectivity index (χ1n) is 11.2. The number of ether oxygens (including phenoxy) is 2. The summed E-state index contributed by atoms with van der Waals surface area (Å²) in [5, 5.41) is 0. The number of allylic oxidation sites excluding steroid dienone is 4. The minimum atomic E-state index is 0. The molecule has 0 amide bonds. The van der Waals surface area contributed by atoms with Crippen LogP contribution >= 0.6 is 0 Å². The van der Waals surface area contributed by atoms with E-state index in [4.69, 9.17) is 9.47 Å². The Morgan fingerprint density at radius 1 is 0.656 bits per heavy atom. The van der Waals surface area contributed by atoms with Crippen LogP contribution in [-0.4, -0.2) is 12.2 Å². The molecule has 4 aliphatic rings. The molecule has 2 aromatic carbocycles. The van der Waals surface area contributed by atoms with Crippen molar-refractivity contribution in [1.29, 1.82) is 0 Å². The molecule has 2 heteroatoms. The summed E-state index contributed by atoms with van der Waals surface area (Å²) < 4.78 is 11.9. The van der Waals surface area contributed by atoms with Gasteiger partial charge in [0, 0.05) is 23.0 Å². The molecule has 0 spiro atoms. The lowest BCUT2D eigenvalue weighted by atomic mass is 9.88. The van der Waals surface area contributed by atoms with Crippen LogP contribution in [0, 0.1) is 20.8 Å². The van der Waals surface area contributed by atoms with Crippen LogP contribution in [0.1, 0.15) is 60.9 Å². The summed E-state index contributed by atoms with van der Waals surface area (Å²) in [5.74, 6) is 2.98. The van der Waals surface area contributed by atoms with Gasteiger partial charge < -0.3 is 9.47 Å². The van der Waals surface area contributed by atoms with Crippen LogP contribution in [-0.2, 0) is 0 Å². The molecule has 4 unspecified atom stereocenters.